The Labute approximate surface area is 128 Å². The van der Waals surface area contributed by atoms with Crippen LogP contribution in [0, 0.1) is 11.8 Å². The number of nitrogens with one attached hydrogen (secondary N) is 1. The van der Waals surface area contributed by atoms with Crippen molar-refractivity contribution in [1.82, 2.24) is 10.2 Å². The largest absolute Gasteiger partial charge is 0.317 e. The summed E-state index contributed by atoms with van der Waals surface area (Å²) in [4.78, 5) is 2.72. The van der Waals surface area contributed by atoms with Gasteiger partial charge in [-0.15, -0.1) is 0 Å². The van der Waals surface area contributed by atoms with Gasteiger partial charge in [-0.05, 0) is 77.0 Å². The predicted octanol–water partition coefficient (Wildman–Crippen LogP) is 4.55. The third-order valence-corrected chi connectivity index (χ3v) is 4.01. The molecule has 1 unspecified atom stereocenters. The monoisotopic (exact) mass is 284 g/mol. The van der Waals surface area contributed by atoms with Crippen LogP contribution in [-0.4, -0.2) is 37.1 Å². The van der Waals surface area contributed by atoms with Crippen LogP contribution in [0.25, 0.3) is 0 Å². The van der Waals surface area contributed by atoms with Gasteiger partial charge in [0.25, 0.3) is 0 Å². The molecule has 0 aliphatic heterocycles. The second-order valence-electron chi connectivity index (χ2n) is 7.14. The van der Waals surface area contributed by atoms with Gasteiger partial charge in [0.15, 0.2) is 0 Å². The van der Waals surface area contributed by atoms with Crippen LogP contribution in [-0.2, 0) is 0 Å². The van der Waals surface area contributed by atoms with Crippen LogP contribution < -0.4 is 5.32 Å². The summed E-state index contributed by atoms with van der Waals surface area (Å²) in [7, 11) is 0. The lowest BCUT2D eigenvalue weighted by molar-refractivity contribution is 0.177. The minimum atomic E-state index is 0.732. The van der Waals surface area contributed by atoms with E-state index in [0.29, 0.717) is 0 Å². The summed E-state index contributed by atoms with van der Waals surface area (Å²) < 4.78 is 0. The van der Waals surface area contributed by atoms with Gasteiger partial charge in [0.05, 0.1) is 0 Å². The molecule has 1 N–H and O–H groups in total. The number of nitrogens with zero attached hydrogens (tertiary/aromatic N) is 1. The summed E-state index contributed by atoms with van der Waals surface area (Å²) in [6.07, 6.45) is 6.53. The number of rotatable bonds is 13. The second-order valence-corrected chi connectivity index (χ2v) is 7.14. The smallest absolute Gasteiger partial charge is 0.00674 e. The molecule has 0 saturated carbocycles. The standard InChI is InChI=1S/C18H40N2/c1-7-12-19-13-8-9-18(6)20(14-10-16(2)3)15-11-17(4)5/h16-19H,7-15H2,1-6H3. The summed E-state index contributed by atoms with van der Waals surface area (Å²) in [6, 6.07) is 0.732. The van der Waals surface area contributed by atoms with Crippen molar-refractivity contribution in [2.75, 3.05) is 26.2 Å². The Morgan fingerprint density at radius 2 is 1.35 bits per heavy atom. The van der Waals surface area contributed by atoms with Crippen LogP contribution in [0.4, 0.5) is 0 Å². The first kappa shape index (κ1) is 19.9. The normalized spacial score (nSPS) is 13.7. The van der Waals surface area contributed by atoms with Gasteiger partial charge < -0.3 is 10.2 Å². The Bertz CT molecular complexity index is 190. The summed E-state index contributed by atoms with van der Waals surface area (Å²) in [5.41, 5.74) is 0. The topological polar surface area (TPSA) is 15.3 Å². The molecule has 0 radical (unpaired) electrons. The Kier molecular flexibility index (Phi) is 12.6. The zero-order chi connectivity index (χ0) is 15.4. The fraction of sp³-hybridized carbons (Fsp3) is 1.00. The van der Waals surface area contributed by atoms with Crippen molar-refractivity contribution in [2.24, 2.45) is 11.8 Å². The molecule has 0 aromatic carbocycles. The van der Waals surface area contributed by atoms with Crippen LogP contribution in [0.3, 0.4) is 0 Å². The zero-order valence-electron chi connectivity index (χ0n) is 15.0. The maximum absolute atomic E-state index is 3.51. The van der Waals surface area contributed by atoms with Crippen LogP contribution in [0.15, 0.2) is 0 Å². The van der Waals surface area contributed by atoms with E-state index in [2.05, 4.69) is 51.8 Å². The van der Waals surface area contributed by atoms with E-state index in [4.69, 9.17) is 0 Å². The van der Waals surface area contributed by atoms with Crippen molar-refractivity contribution in [1.29, 1.82) is 0 Å². The van der Waals surface area contributed by atoms with Crippen molar-refractivity contribution in [3.05, 3.63) is 0 Å². The van der Waals surface area contributed by atoms with Crippen molar-refractivity contribution < 1.29 is 0 Å². The molecule has 0 rings (SSSR count). The maximum Gasteiger partial charge on any atom is 0.00674 e. The molecule has 0 heterocycles. The lowest BCUT2D eigenvalue weighted by atomic mass is 10.1. The first-order chi connectivity index (χ1) is 9.47. The third kappa shape index (κ3) is 11.7. The minimum absolute atomic E-state index is 0.732. The van der Waals surface area contributed by atoms with Crippen molar-refractivity contribution in [3.63, 3.8) is 0 Å². The lowest BCUT2D eigenvalue weighted by Crippen LogP contribution is -2.36. The molecular weight excluding hydrogens is 244 g/mol. The number of hydrogen-bond acceptors (Lipinski definition) is 2. The molecule has 0 spiro atoms. The molecule has 2 heteroatoms. The first-order valence-electron chi connectivity index (χ1n) is 8.92. The van der Waals surface area contributed by atoms with Crippen molar-refractivity contribution in [2.45, 2.75) is 79.7 Å². The highest BCUT2D eigenvalue weighted by atomic mass is 15.1. The Balaban J connectivity index is 4.00. The molecule has 2 nitrogen and oxygen atoms in total. The molecule has 20 heavy (non-hydrogen) atoms. The van der Waals surface area contributed by atoms with E-state index in [1.165, 1.54) is 58.3 Å². The highest BCUT2D eigenvalue weighted by molar-refractivity contribution is 4.69. The molecule has 0 aromatic rings. The number of hydrogen-bond donors (Lipinski definition) is 1. The third-order valence-electron chi connectivity index (χ3n) is 4.01. The fourth-order valence-electron chi connectivity index (χ4n) is 2.41. The van der Waals surface area contributed by atoms with Gasteiger partial charge in [-0.2, -0.15) is 0 Å². The zero-order valence-corrected chi connectivity index (χ0v) is 15.0. The van der Waals surface area contributed by atoms with Crippen LogP contribution in [0.1, 0.15) is 73.6 Å². The van der Waals surface area contributed by atoms with Gasteiger partial charge in [0.1, 0.15) is 0 Å². The van der Waals surface area contributed by atoms with E-state index >= 15 is 0 Å². The van der Waals surface area contributed by atoms with Gasteiger partial charge in [-0.25, -0.2) is 0 Å². The molecule has 0 bridgehead atoms. The van der Waals surface area contributed by atoms with E-state index < -0.39 is 0 Å². The Hall–Kier alpha value is -0.0800. The van der Waals surface area contributed by atoms with Gasteiger partial charge in [0.2, 0.25) is 0 Å². The van der Waals surface area contributed by atoms with Crippen LogP contribution in [0.2, 0.25) is 0 Å². The minimum Gasteiger partial charge on any atom is -0.317 e. The summed E-state index contributed by atoms with van der Waals surface area (Å²) in [5.74, 6) is 1.63. The first-order valence-corrected chi connectivity index (χ1v) is 8.92. The molecule has 0 amide bonds. The van der Waals surface area contributed by atoms with E-state index in [-0.39, 0.29) is 0 Å². The molecule has 0 aliphatic carbocycles. The highest BCUT2D eigenvalue weighted by Gasteiger charge is 2.14. The highest BCUT2D eigenvalue weighted by Crippen LogP contribution is 2.13. The van der Waals surface area contributed by atoms with E-state index in [9.17, 15) is 0 Å². The predicted molar refractivity (Wildman–Crippen MR) is 92.3 cm³/mol. The molecule has 0 saturated heterocycles. The molecule has 0 aromatic heterocycles. The average molecular weight is 285 g/mol. The van der Waals surface area contributed by atoms with Crippen LogP contribution >= 0.6 is 0 Å². The van der Waals surface area contributed by atoms with Crippen molar-refractivity contribution in [3.8, 4) is 0 Å². The fourth-order valence-corrected chi connectivity index (χ4v) is 2.41. The molecule has 0 fully saturated rings. The summed E-state index contributed by atoms with van der Waals surface area (Å²) in [6.45, 7) is 18.9. The van der Waals surface area contributed by atoms with E-state index in [1.807, 2.05) is 0 Å². The van der Waals surface area contributed by atoms with Crippen molar-refractivity contribution >= 4 is 0 Å². The molecule has 1 atom stereocenters. The Morgan fingerprint density at radius 1 is 0.800 bits per heavy atom. The second kappa shape index (κ2) is 12.6. The van der Waals surface area contributed by atoms with E-state index in [1.54, 1.807) is 0 Å². The van der Waals surface area contributed by atoms with Gasteiger partial charge in [0, 0.05) is 6.04 Å². The van der Waals surface area contributed by atoms with Gasteiger partial charge in [-0.1, -0.05) is 34.6 Å². The maximum atomic E-state index is 3.51. The summed E-state index contributed by atoms with van der Waals surface area (Å²) in [5, 5.41) is 3.51. The van der Waals surface area contributed by atoms with Gasteiger partial charge in [-0.3, -0.25) is 0 Å². The van der Waals surface area contributed by atoms with E-state index in [0.717, 1.165) is 17.9 Å². The quantitative estimate of drug-likeness (QED) is 0.499. The average Bonchev–Trinajstić information content (AvgIpc) is 2.37. The SMILES string of the molecule is CCCNCCCC(C)N(CCC(C)C)CCC(C)C. The molecule has 0 aliphatic rings. The molecular formula is C18H40N2. The molecule has 122 valence electrons. The van der Waals surface area contributed by atoms with Gasteiger partial charge >= 0.3 is 0 Å². The lowest BCUT2D eigenvalue weighted by Gasteiger charge is -2.30. The summed E-state index contributed by atoms with van der Waals surface area (Å²) >= 11 is 0. The van der Waals surface area contributed by atoms with Crippen LogP contribution in [0.5, 0.6) is 0 Å². The Morgan fingerprint density at radius 3 is 1.80 bits per heavy atom.